The average molecular weight is 315 g/mol. The van der Waals surface area contributed by atoms with Crippen LogP contribution in [0.2, 0.25) is 0 Å². The summed E-state index contributed by atoms with van der Waals surface area (Å²) in [5, 5.41) is 9.64. The zero-order chi connectivity index (χ0) is 17.1. The van der Waals surface area contributed by atoms with Gasteiger partial charge in [0.05, 0.1) is 11.4 Å². The Hall–Kier alpha value is -2.83. The molecule has 0 aliphatic carbocycles. The van der Waals surface area contributed by atoms with Crippen LogP contribution in [0, 0.1) is 13.8 Å². The first-order chi connectivity index (χ1) is 10.8. The van der Waals surface area contributed by atoms with Crippen LogP contribution in [-0.2, 0) is 7.05 Å². The first kappa shape index (κ1) is 16.5. The van der Waals surface area contributed by atoms with Crippen molar-refractivity contribution in [2.24, 2.45) is 7.05 Å². The third-order valence-corrected chi connectivity index (χ3v) is 3.49. The van der Waals surface area contributed by atoms with Gasteiger partial charge in [-0.25, -0.2) is 4.79 Å². The Labute approximate surface area is 135 Å². The predicted molar refractivity (Wildman–Crippen MR) is 89.8 cm³/mol. The van der Waals surface area contributed by atoms with Gasteiger partial charge in [0.25, 0.3) is 5.91 Å². The van der Waals surface area contributed by atoms with Crippen LogP contribution in [-0.4, -0.2) is 40.7 Å². The molecule has 0 atom stereocenters. The Morgan fingerprint density at radius 2 is 1.70 bits per heavy atom. The van der Waals surface area contributed by atoms with Gasteiger partial charge in [-0.2, -0.15) is 5.10 Å². The number of nitrogens with one attached hydrogen (secondary N) is 2. The maximum Gasteiger partial charge on any atom is 0.323 e. The highest BCUT2D eigenvalue weighted by molar-refractivity contribution is 6.06. The lowest BCUT2D eigenvalue weighted by atomic mass is 10.2. The molecule has 0 saturated carbocycles. The van der Waals surface area contributed by atoms with Gasteiger partial charge < -0.3 is 15.5 Å². The Morgan fingerprint density at radius 3 is 2.26 bits per heavy atom. The molecule has 2 rings (SSSR count). The molecule has 0 spiro atoms. The molecule has 0 aliphatic rings. The first-order valence-electron chi connectivity index (χ1n) is 7.19. The lowest BCUT2D eigenvalue weighted by Gasteiger charge is -2.11. The zero-order valence-corrected chi connectivity index (χ0v) is 14.0. The van der Waals surface area contributed by atoms with Gasteiger partial charge >= 0.3 is 6.03 Å². The molecule has 2 aromatic rings. The summed E-state index contributed by atoms with van der Waals surface area (Å²) in [5.74, 6) is -0.265. The van der Waals surface area contributed by atoms with Crippen molar-refractivity contribution < 1.29 is 9.59 Å². The van der Waals surface area contributed by atoms with E-state index in [0.717, 1.165) is 5.56 Å². The number of aryl methyl sites for hydroxylation is 2. The Bertz CT molecular complexity index is 732. The SMILES string of the molecule is Cc1ccc(NC(=O)Nc2c(C(=O)N(C)C)nn(C)c2C)cc1. The molecule has 7 heteroatoms. The number of carbonyl (C=O) groups is 2. The molecule has 0 unspecified atom stereocenters. The second kappa shape index (κ2) is 6.51. The molecule has 0 radical (unpaired) electrons. The molecule has 7 nitrogen and oxygen atoms in total. The minimum atomic E-state index is -0.419. The molecule has 122 valence electrons. The summed E-state index contributed by atoms with van der Waals surface area (Å²) >= 11 is 0. The third kappa shape index (κ3) is 3.68. The van der Waals surface area contributed by atoms with E-state index in [9.17, 15) is 9.59 Å². The standard InChI is InChI=1S/C16H21N5O2/c1-10-6-8-12(9-7-10)17-16(23)18-13-11(2)21(5)19-14(13)15(22)20(3)4/h6-9H,1-5H3,(H2,17,18,23). The van der Waals surface area contributed by atoms with Gasteiger partial charge in [-0.05, 0) is 26.0 Å². The van der Waals surface area contributed by atoms with E-state index in [4.69, 9.17) is 0 Å². The second-order valence-electron chi connectivity index (χ2n) is 5.58. The Morgan fingerprint density at radius 1 is 1.09 bits per heavy atom. The van der Waals surface area contributed by atoms with Crippen LogP contribution in [0.1, 0.15) is 21.7 Å². The van der Waals surface area contributed by atoms with Crippen molar-refractivity contribution in [3.63, 3.8) is 0 Å². The highest BCUT2D eigenvalue weighted by Gasteiger charge is 2.22. The number of aromatic nitrogens is 2. The number of amides is 3. The van der Waals surface area contributed by atoms with Crippen LogP contribution in [0.3, 0.4) is 0 Å². The van der Waals surface area contributed by atoms with E-state index >= 15 is 0 Å². The monoisotopic (exact) mass is 315 g/mol. The van der Waals surface area contributed by atoms with Crippen molar-refractivity contribution in [3.05, 3.63) is 41.2 Å². The van der Waals surface area contributed by atoms with Crippen LogP contribution >= 0.6 is 0 Å². The smallest absolute Gasteiger partial charge is 0.323 e. The summed E-state index contributed by atoms with van der Waals surface area (Å²) in [6.45, 7) is 3.77. The van der Waals surface area contributed by atoms with E-state index in [1.54, 1.807) is 32.7 Å². The van der Waals surface area contributed by atoms with Crippen molar-refractivity contribution in [2.75, 3.05) is 24.7 Å². The van der Waals surface area contributed by atoms with Crippen LogP contribution in [0.25, 0.3) is 0 Å². The molecule has 1 heterocycles. The van der Waals surface area contributed by atoms with Crippen molar-refractivity contribution >= 4 is 23.3 Å². The molecule has 1 aromatic carbocycles. The molecule has 0 fully saturated rings. The van der Waals surface area contributed by atoms with E-state index in [2.05, 4.69) is 15.7 Å². The topological polar surface area (TPSA) is 79.3 Å². The molecule has 2 N–H and O–H groups in total. The predicted octanol–water partition coefficient (Wildman–Crippen LogP) is 2.38. The molecule has 23 heavy (non-hydrogen) atoms. The lowest BCUT2D eigenvalue weighted by Crippen LogP contribution is -2.25. The van der Waals surface area contributed by atoms with Gasteiger partial charge in [0, 0.05) is 26.8 Å². The maximum atomic E-state index is 12.2. The van der Waals surface area contributed by atoms with Gasteiger partial charge in [0.1, 0.15) is 0 Å². The molecule has 3 amide bonds. The number of rotatable bonds is 3. The van der Waals surface area contributed by atoms with Crippen LogP contribution in [0.5, 0.6) is 0 Å². The van der Waals surface area contributed by atoms with Crippen LogP contribution in [0.15, 0.2) is 24.3 Å². The van der Waals surface area contributed by atoms with E-state index in [-0.39, 0.29) is 11.6 Å². The summed E-state index contributed by atoms with van der Waals surface area (Å²) in [6, 6.07) is 7.03. The zero-order valence-electron chi connectivity index (χ0n) is 14.0. The second-order valence-corrected chi connectivity index (χ2v) is 5.58. The highest BCUT2D eigenvalue weighted by Crippen LogP contribution is 2.21. The van der Waals surface area contributed by atoms with E-state index in [0.29, 0.717) is 17.1 Å². The minimum absolute atomic E-state index is 0.217. The fraction of sp³-hybridized carbons (Fsp3) is 0.312. The van der Waals surface area contributed by atoms with Gasteiger partial charge in [-0.1, -0.05) is 17.7 Å². The number of hydrogen-bond donors (Lipinski definition) is 2. The fourth-order valence-electron chi connectivity index (χ4n) is 2.03. The van der Waals surface area contributed by atoms with Crippen molar-refractivity contribution in [1.82, 2.24) is 14.7 Å². The summed E-state index contributed by atoms with van der Waals surface area (Å²) in [5.41, 5.74) is 3.12. The molecular formula is C16H21N5O2. The highest BCUT2D eigenvalue weighted by atomic mass is 16.2. The molecular weight excluding hydrogens is 294 g/mol. The van der Waals surface area contributed by atoms with E-state index in [1.807, 2.05) is 31.2 Å². The molecule has 0 saturated heterocycles. The van der Waals surface area contributed by atoms with Crippen molar-refractivity contribution in [1.29, 1.82) is 0 Å². The molecule has 0 aliphatic heterocycles. The minimum Gasteiger partial charge on any atom is -0.343 e. The third-order valence-electron chi connectivity index (χ3n) is 3.49. The number of urea groups is 1. The summed E-state index contributed by atoms with van der Waals surface area (Å²) < 4.78 is 1.57. The molecule has 0 bridgehead atoms. The quantitative estimate of drug-likeness (QED) is 0.912. The van der Waals surface area contributed by atoms with Crippen LogP contribution in [0.4, 0.5) is 16.2 Å². The van der Waals surface area contributed by atoms with E-state index in [1.165, 1.54) is 4.90 Å². The van der Waals surface area contributed by atoms with Crippen molar-refractivity contribution in [2.45, 2.75) is 13.8 Å². The largest absolute Gasteiger partial charge is 0.343 e. The van der Waals surface area contributed by atoms with Crippen molar-refractivity contribution in [3.8, 4) is 0 Å². The van der Waals surface area contributed by atoms with Gasteiger partial charge in [0.15, 0.2) is 5.69 Å². The van der Waals surface area contributed by atoms with E-state index < -0.39 is 6.03 Å². The lowest BCUT2D eigenvalue weighted by molar-refractivity contribution is 0.0822. The van der Waals surface area contributed by atoms with Gasteiger partial charge in [-0.3, -0.25) is 9.48 Å². The number of hydrogen-bond acceptors (Lipinski definition) is 3. The van der Waals surface area contributed by atoms with Gasteiger partial charge in [-0.15, -0.1) is 0 Å². The Balaban J connectivity index is 2.20. The first-order valence-corrected chi connectivity index (χ1v) is 7.19. The summed E-state index contributed by atoms with van der Waals surface area (Å²) in [4.78, 5) is 25.8. The Kier molecular flexibility index (Phi) is 4.68. The number of anilines is 2. The van der Waals surface area contributed by atoms with Crippen LogP contribution < -0.4 is 10.6 Å². The molecule has 1 aromatic heterocycles. The van der Waals surface area contributed by atoms with Gasteiger partial charge in [0.2, 0.25) is 0 Å². The summed E-state index contributed by atoms with van der Waals surface area (Å²) in [7, 11) is 5.01. The number of nitrogens with zero attached hydrogens (tertiary/aromatic N) is 3. The summed E-state index contributed by atoms with van der Waals surface area (Å²) in [6.07, 6.45) is 0. The maximum absolute atomic E-state index is 12.2. The normalized spacial score (nSPS) is 10.3. The fourth-order valence-corrected chi connectivity index (χ4v) is 2.03. The average Bonchev–Trinajstić information content (AvgIpc) is 2.77. The number of benzene rings is 1. The number of carbonyl (C=O) groups excluding carboxylic acids is 2.